The van der Waals surface area contributed by atoms with E-state index in [1.807, 2.05) is 0 Å². The van der Waals surface area contributed by atoms with Crippen molar-refractivity contribution in [3.63, 3.8) is 0 Å². The average molecular weight is 435 g/mol. The molecular formula is C16H15BrN6O4. The van der Waals surface area contributed by atoms with E-state index in [-0.39, 0.29) is 16.6 Å². The Hall–Kier alpha value is -3.21. The lowest BCUT2D eigenvalue weighted by atomic mass is 10.2. The van der Waals surface area contributed by atoms with Gasteiger partial charge in [-0.15, -0.1) is 0 Å². The highest BCUT2D eigenvalue weighted by Crippen LogP contribution is 2.13. The first-order valence-electron chi connectivity index (χ1n) is 7.69. The topological polar surface area (TPSA) is 120 Å². The zero-order valence-electron chi connectivity index (χ0n) is 14.6. The Morgan fingerprint density at radius 3 is 2.33 bits per heavy atom. The van der Waals surface area contributed by atoms with Crippen LogP contribution in [-0.4, -0.2) is 30.5 Å². The van der Waals surface area contributed by atoms with Gasteiger partial charge >= 0.3 is 5.69 Å². The fraction of sp³-hybridized carbons (Fsp3) is 0.188. The molecule has 10 nitrogen and oxygen atoms in total. The van der Waals surface area contributed by atoms with Crippen LogP contribution in [0.15, 0.2) is 38.6 Å². The van der Waals surface area contributed by atoms with Crippen molar-refractivity contribution in [1.82, 2.24) is 29.5 Å². The number of hydrazine groups is 1. The minimum atomic E-state index is -0.651. The molecule has 0 aromatic carbocycles. The first kappa shape index (κ1) is 18.6. The molecule has 11 heteroatoms. The second-order valence-electron chi connectivity index (χ2n) is 5.86. The summed E-state index contributed by atoms with van der Waals surface area (Å²) in [6.07, 6.45) is 2.92. The van der Waals surface area contributed by atoms with Gasteiger partial charge in [-0.25, -0.2) is 9.78 Å². The first-order valence-corrected chi connectivity index (χ1v) is 8.48. The van der Waals surface area contributed by atoms with Crippen molar-refractivity contribution in [3.05, 3.63) is 61.1 Å². The predicted molar refractivity (Wildman–Crippen MR) is 100 cm³/mol. The Kier molecular flexibility index (Phi) is 4.70. The molecule has 0 radical (unpaired) electrons. The van der Waals surface area contributed by atoms with Crippen molar-refractivity contribution in [2.45, 2.75) is 0 Å². The molecule has 0 saturated carbocycles. The fourth-order valence-electron chi connectivity index (χ4n) is 2.59. The van der Waals surface area contributed by atoms with Gasteiger partial charge in [-0.1, -0.05) is 0 Å². The number of rotatable bonds is 2. The lowest BCUT2D eigenvalue weighted by Gasteiger charge is -2.10. The lowest BCUT2D eigenvalue weighted by molar-refractivity contribution is 0.0842. The number of amides is 2. The zero-order valence-corrected chi connectivity index (χ0v) is 16.2. The summed E-state index contributed by atoms with van der Waals surface area (Å²) in [5, 5.41) is 0.116. The minimum absolute atomic E-state index is 0.0617. The molecule has 3 rings (SSSR count). The molecule has 0 aliphatic rings. The number of carbonyl (C=O) groups excluding carboxylic acids is 2. The van der Waals surface area contributed by atoms with E-state index in [1.165, 1.54) is 30.9 Å². The molecule has 140 valence electrons. The number of aryl methyl sites for hydroxylation is 2. The maximum absolute atomic E-state index is 12.3. The Balaban J connectivity index is 1.86. The number of carbonyl (C=O) groups is 2. The van der Waals surface area contributed by atoms with Gasteiger partial charge in [0.15, 0.2) is 0 Å². The number of pyridine rings is 1. The molecule has 2 N–H and O–H groups in total. The van der Waals surface area contributed by atoms with Gasteiger partial charge in [-0.05, 0) is 28.1 Å². The molecule has 0 fully saturated rings. The predicted octanol–water partition coefficient (Wildman–Crippen LogP) is -0.192. The number of nitrogens with one attached hydrogen (secondary N) is 2. The van der Waals surface area contributed by atoms with Crippen LogP contribution in [0.2, 0.25) is 0 Å². The van der Waals surface area contributed by atoms with Gasteiger partial charge < -0.3 is 4.57 Å². The summed E-state index contributed by atoms with van der Waals surface area (Å²) in [4.78, 5) is 52.7. The Labute approximate surface area is 160 Å². The van der Waals surface area contributed by atoms with Crippen molar-refractivity contribution in [2.75, 3.05) is 0 Å². The van der Waals surface area contributed by atoms with E-state index in [2.05, 4.69) is 31.8 Å². The summed E-state index contributed by atoms with van der Waals surface area (Å²) >= 11 is 3.26. The van der Waals surface area contributed by atoms with Gasteiger partial charge in [0.05, 0.1) is 10.9 Å². The van der Waals surface area contributed by atoms with E-state index < -0.39 is 23.1 Å². The van der Waals surface area contributed by atoms with E-state index in [1.54, 1.807) is 23.9 Å². The van der Waals surface area contributed by atoms with Crippen LogP contribution in [0.25, 0.3) is 11.0 Å². The smallest absolute Gasteiger partial charge is 0.332 e. The molecule has 3 aromatic rings. The van der Waals surface area contributed by atoms with Crippen molar-refractivity contribution in [3.8, 4) is 0 Å². The first-order chi connectivity index (χ1) is 12.7. The average Bonchev–Trinajstić information content (AvgIpc) is 3.00. The zero-order chi connectivity index (χ0) is 19.9. The number of halogens is 1. The summed E-state index contributed by atoms with van der Waals surface area (Å²) in [6.45, 7) is 0. The van der Waals surface area contributed by atoms with Crippen LogP contribution in [0.4, 0.5) is 0 Å². The molecule has 3 heterocycles. The highest BCUT2D eigenvalue weighted by Gasteiger charge is 2.15. The third kappa shape index (κ3) is 3.28. The summed E-state index contributed by atoms with van der Waals surface area (Å²) in [5.41, 5.74) is 4.06. The van der Waals surface area contributed by atoms with Crippen molar-refractivity contribution in [1.29, 1.82) is 0 Å². The normalized spacial score (nSPS) is 10.8. The Bertz CT molecular complexity index is 1210. The molecule has 0 atom stereocenters. The lowest BCUT2D eigenvalue weighted by Crippen LogP contribution is -2.42. The van der Waals surface area contributed by atoms with Crippen LogP contribution in [0.5, 0.6) is 0 Å². The fourth-order valence-corrected chi connectivity index (χ4v) is 3.11. The molecule has 3 aromatic heterocycles. The number of fused-ring (bicyclic) bond motifs is 1. The number of hydrogen-bond donors (Lipinski definition) is 2. The molecule has 27 heavy (non-hydrogen) atoms. The van der Waals surface area contributed by atoms with Gasteiger partial charge in [0.2, 0.25) is 0 Å². The monoisotopic (exact) mass is 434 g/mol. The van der Waals surface area contributed by atoms with Crippen LogP contribution in [0, 0.1) is 0 Å². The van der Waals surface area contributed by atoms with Crippen LogP contribution >= 0.6 is 15.9 Å². The number of hydrogen-bond acceptors (Lipinski definition) is 5. The molecular weight excluding hydrogens is 420 g/mol. The molecule has 0 aliphatic heterocycles. The third-order valence-corrected chi connectivity index (χ3v) is 4.48. The van der Waals surface area contributed by atoms with Crippen LogP contribution in [-0.2, 0) is 21.1 Å². The van der Waals surface area contributed by atoms with Gasteiger partial charge in [0.25, 0.3) is 17.4 Å². The highest BCUT2D eigenvalue weighted by molar-refractivity contribution is 9.10. The summed E-state index contributed by atoms with van der Waals surface area (Å²) < 4.78 is 4.46. The Morgan fingerprint density at radius 1 is 1.04 bits per heavy atom. The molecule has 2 amide bonds. The van der Waals surface area contributed by atoms with E-state index >= 15 is 0 Å². The third-order valence-electron chi connectivity index (χ3n) is 4.05. The summed E-state index contributed by atoms with van der Waals surface area (Å²) in [7, 11) is 4.51. The standard InChI is InChI=1S/C16H15BrN6O4/c1-21-7-9(17)5-11(21)14(25)20-19-13(24)8-4-10-12(18-6-8)22(2)16(27)23(3)15(10)26/h4-7H,1-3H3,(H,19,24)(H,20,25). The van der Waals surface area contributed by atoms with Crippen molar-refractivity contribution in [2.24, 2.45) is 21.1 Å². The SMILES string of the molecule is Cn1cc(Br)cc1C(=O)NNC(=O)c1cnc2c(c1)c(=O)n(C)c(=O)n2C. The van der Waals surface area contributed by atoms with Gasteiger partial charge in [-0.2, -0.15) is 0 Å². The van der Waals surface area contributed by atoms with Crippen LogP contribution in [0.1, 0.15) is 20.8 Å². The molecule has 0 unspecified atom stereocenters. The second kappa shape index (κ2) is 6.83. The summed E-state index contributed by atoms with van der Waals surface area (Å²) in [5.74, 6) is -1.16. The van der Waals surface area contributed by atoms with Gasteiger partial charge in [0.1, 0.15) is 11.3 Å². The number of aromatic nitrogens is 4. The van der Waals surface area contributed by atoms with Gasteiger partial charge in [0, 0.05) is 38.0 Å². The minimum Gasteiger partial charge on any atom is -0.345 e. The molecule has 0 spiro atoms. The number of nitrogens with zero attached hydrogens (tertiary/aromatic N) is 4. The van der Waals surface area contributed by atoms with E-state index in [9.17, 15) is 19.2 Å². The van der Waals surface area contributed by atoms with Crippen molar-refractivity contribution < 1.29 is 9.59 Å². The van der Waals surface area contributed by atoms with E-state index in [0.717, 1.165) is 9.04 Å². The van der Waals surface area contributed by atoms with E-state index in [0.29, 0.717) is 5.69 Å². The molecule has 0 bridgehead atoms. The largest absolute Gasteiger partial charge is 0.345 e. The highest BCUT2D eigenvalue weighted by atomic mass is 79.9. The second-order valence-corrected chi connectivity index (χ2v) is 6.78. The quantitative estimate of drug-likeness (QED) is 0.541. The molecule has 0 aliphatic carbocycles. The Morgan fingerprint density at radius 2 is 1.70 bits per heavy atom. The van der Waals surface area contributed by atoms with E-state index in [4.69, 9.17) is 0 Å². The van der Waals surface area contributed by atoms with Gasteiger partial charge in [-0.3, -0.25) is 34.4 Å². The summed E-state index contributed by atoms with van der Waals surface area (Å²) in [6, 6.07) is 2.92. The van der Waals surface area contributed by atoms with Crippen LogP contribution < -0.4 is 22.1 Å². The molecule has 0 saturated heterocycles. The van der Waals surface area contributed by atoms with Crippen LogP contribution in [0.3, 0.4) is 0 Å². The van der Waals surface area contributed by atoms with Crippen molar-refractivity contribution >= 4 is 38.8 Å². The maximum atomic E-state index is 12.3. The maximum Gasteiger partial charge on any atom is 0.332 e.